The van der Waals surface area contributed by atoms with Crippen LogP contribution in [0.1, 0.15) is 53.9 Å². The van der Waals surface area contributed by atoms with Crippen molar-refractivity contribution in [3.63, 3.8) is 0 Å². The molecule has 1 aliphatic rings. The first kappa shape index (κ1) is 15.0. The molecule has 0 radical (unpaired) electrons. The summed E-state index contributed by atoms with van der Waals surface area (Å²) in [5.41, 5.74) is 0. The van der Waals surface area contributed by atoms with Crippen molar-refractivity contribution in [2.24, 2.45) is 11.8 Å². The zero-order valence-corrected chi connectivity index (χ0v) is 12.5. The fraction of sp³-hybridized carbons (Fsp3) is 1.00. The van der Waals surface area contributed by atoms with Crippen molar-refractivity contribution in [3.8, 4) is 0 Å². The molecule has 0 aromatic carbocycles. The third-order valence-electron chi connectivity index (χ3n) is 3.99. The SMILES string of the molecule is CCC1CN(CC(C)CC(C)C)C(C)CCN1. The van der Waals surface area contributed by atoms with Crippen molar-refractivity contribution >= 4 is 0 Å². The van der Waals surface area contributed by atoms with Crippen LogP contribution in [0.3, 0.4) is 0 Å². The predicted octanol–water partition coefficient (Wildman–Crippen LogP) is 3.13. The van der Waals surface area contributed by atoms with Crippen molar-refractivity contribution in [3.05, 3.63) is 0 Å². The maximum Gasteiger partial charge on any atom is 0.0192 e. The van der Waals surface area contributed by atoms with Crippen LogP contribution in [-0.4, -0.2) is 36.6 Å². The van der Waals surface area contributed by atoms with Gasteiger partial charge >= 0.3 is 0 Å². The topological polar surface area (TPSA) is 15.3 Å². The Hall–Kier alpha value is -0.0800. The van der Waals surface area contributed by atoms with Gasteiger partial charge < -0.3 is 5.32 Å². The van der Waals surface area contributed by atoms with Crippen LogP contribution in [0.2, 0.25) is 0 Å². The molecule has 0 aromatic rings. The minimum absolute atomic E-state index is 0.700. The molecule has 0 aliphatic carbocycles. The first-order valence-electron chi connectivity index (χ1n) is 7.50. The standard InChI is InChI=1S/C15H32N2/c1-6-15-11-17(14(5)7-8-16-15)10-13(4)9-12(2)3/h12-16H,6-11H2,1-5H3. The van der Waals surface area contributed by atoms with Crippen LogP contribution in [0, 0.1) is 11.8 Å². The molecule has 1 saturated heterocycles. The molecule has 3 unspecified atom stereocenters. The van der Waals surface area contributed by atoms with E-state index in [-0.39, 0.29) is 0 Å². The van der Waals surface area contributed by atoms with E-state index in [1.54, 1.807) is 0 Å². The molecule has 2 heteroatoms. The first-order chi connectivity index (χ1) is 8.02. The Morgan fingerprint density at radius 3 is 2.59 bits per heavy atom. The highest BCUT2D eigenvalue weighted by atomic mass is 15.2. The monoisotopic (exact) mass is 240 g/mol. The summed E-state index contributed by atoms with van der Waals surface area (Å²) in [6.07, 6.45) is 3.90. The molecule has 0 amide bonds. The van der Waals surface area contributed by atoms with E-state index in [1.807, 2.05) is 0 Å². The second-order valence-electron chi connectivity index (χ2n) is 6.39. The third kappa shape index (κ3) is 5.39. The molecule has 0 saturated carbocycles. The summed E-state index contributed by atoms with van der Waals surface area (Å²) in [6, 6.07) is 1.44. The van der Waals surface area contributed by atoms with E-state index in [9.17, 15) is 0 Å². The molecular formula is C15H32N2. The van der Waals surface area contributed by atoms with Crippen LogP contribution < -0.4 is 5.32 Å². The molecule has 1 rings (SSSR count). The van der Waals surface area contributed by atoms with Gasteiger partial charge in [-0.05, 0) is 44.6 Å². The number of nitrogens with one attached hydrogen (secondary N) is 1. The summed E-state index contributed by atoms with van der Waals surface area (Å²) in [7, 11) is 0. The second kappa shape index (κ2) is 7.38. The largest absolute Gasteiger partial charge is 0.313 e. The van der Waals surface area contributed by atoms with Gasteiger partial charge in [-0.2, -0.15) is 0 Å². The minimum atomic E-state index is 0.700. The van der Waals surface area contributed by atoms with E-state index < -0.39 is 0 Å². The van der Waals surface area contributed by atoms with Gasteiger partial charge in [0.15, 0.2) is 0 Å². The second-order valence-corrected chi connectivity index (χ2v) is 6.39. The molecule has 2 nitrogen and oxygen atoms in total. The van der Waals surface area contributed by atoms with Gasteiger partial charge in [-0.1, -0.05) is 27.7 Å². The maximum atomic E-state index is 3.66. The Bertz CT molecular complexity index is 203. The summed E-state index contributed by atoms with van der Waals surface area (Å²) >= 11 is 0. The van der Waals surface area contributed by atoms with E-state index in [4.69, 9.17) is 0 Å². The van der Waals surface area contributed by atoms with Crippen LogP contribution in [0.4, 0.5) is 0 Å². The van der Waals surface area contributed by atoms with E-state index >= 15 is 0 Å². The van der Waals surface area contributed by atoms with Crippen LogP contribution in [0.15, 0.2) is 0 Å². The lowest BCUT2D eigenvalue weighted by Crippen LogP contribution is -2.41. The molecule has 1 aliphatic heterocycles. The fourth-order valence-corrected chi connectivity index (χ4v) is 3.01. The zero-order valence-electron chi connectivity index (χ0n) is 12.5. The Kier molecular flexibility index (Phi) is 6.50. The summed E-state index contributed by atoms with van der Waals surface area (Å²) in [5, 5.41) is 3.66. The van der Waals surface area contributed by atoms with Gasteiger partial charge in [0.25, 0.3) is 0 Å². The molecular weight excluding hydrogens is 208 g/mol. The molecule has 1 fully saturated rings. The molecule has 0 spiro atoms. The molecule has 1 heterocycles. The van der Waals surface area contributed by atoms with Gasteiger partial charge in [-0.3, -0.25) is 4.90 Å². The van der Waals surface area contributed by atoms with Crippen molar-refractivity contribution in [1.82, 2.24) is 10.2 Å². The quantitative estimate of drug-likeness (QED) is 0.794. The molecule has 0 aromatic heterocycles. The number of hydrogen-bond donors (Lipinski definition) is 1. The minimum Gasteiger partial charge on any atom is -0.313 e. The van der Waals surface area contributed by atoms with Crippen LogP contribution in [-0.2, 0) is 0 Å². The van der Waals surface area contributed by atoms with Gasteiger partial charge in [0, 0.05) is 25.2 Å². The van der Waals surface area contributed by atoms with Gasteiger partial charge in [0.05, 0.1) is 0 Å². The Morgan fingerprint density at radius 2 is 2.00 bits per heavy atom. The number of nitrogens with zero attached hydrogens (tertiary/aromatic N) is 1. The fourth-order valence-electron chi connectivity index (χ4n) is 3.01. The lowest BCUT2D eigenvalue weighted by Gasteiger charge is -2.31. The van der Waals surface area contributed by atoms with Crippen LogP contribution in [0.25, 0.3) is 0 Å². The summed E-state index contributed by atoms with van der Waals surface area (Å²) in [4.78, 5) is 2.71. The Balaban J connectivity index is 2.47. The normalized spacial score (nSPS) is 29.3. The molecule has 0 bridgehead atoms. The molecule has 1 N–H and O–H groups in total. The van der Waals surface area contributed by atoms with Crippen molar-refractivity contribution < 1.29 is 0 Å². The van der Waals surface area contributed by atoms with Gasteiger partial charge in [-0.25, -0.2) is 0 Å². The Labute approximate surface area is 108 Å². The average Bonchev–Trinajstić information content (AvgIpc) is 2.40. The zero-order chi connectivity index (χ0) is 12.8. The first-order valence-corrected chi connectivity index (χ1v) is 7.50. The van der Waals surface area contributed by atoms with Crippen molar-refractivity contribution in [2.75, 3.05) is 19.6 Å². The number of rotatable bonds is 5. The summed E-state index contributed by atoms with van der Waals surface area (Å²) in [6.45, 7) is 15.5. The Morgan fingerprint density at radius 1 is 1.29 bits per heavy atom. The van der Waals surface area contributed by atoms with Crippen LogP contribution >= 0.6 is 0 Å². The van der Waals surface area contributed by atoms with E-state index in [2.05, 4.69) is 44.8 Å². The van der Waals surface area contributed by atoms with Crippen LogP contribution in [0.5, 0.6) is 0 Å². The van der Waals surface area contributed by atoms with E-state index in [0.29, 0.717) is 6.04 Å². The average molecular weight is 240 g/mol. The predicted molar refractivity (Wildman–Crippen MR) is 76.4 cm³/mol. The highest BCUT2D eigenvalue weighted by Crippen LogP contribution is 2.17. The highest BCUT2D eigenvalue weighted by molar-refractivity contribution is 4.81. The summed E-state index contributed by atoms with van der Waals surface area (Å²) < 4.78 is 0. The van der Waals surface area contributed by atoms with E-state index in [1.165, 1.54) is 38.9 Å². The smallest absolute Gasteiger partial charge is 0.0192 e. The highest BCUT2D eigenvalue weighted by Gasteiger charge is 2.23. The van der Waals surface area contributed by atoms with Gasteiger partial charge in [0.2, 0.25) is 0 Å². The molecule has 102 valence electrons. The molecule has 17 heavy (non-hydrogen) atoms. The third-order valence-corrected chi connectivity index (χ3v) is 3.99. The van der Waals surface area contributed by atoms with Crippen molar-refractivity contribution in [2.45, 2.75) is 66.0 Å². The number of hydrogen-bond acceptors (Lipinski definition) is 2. The van der Waals surface area contributed by atoms with Crippen molar-refractivity contribution in [1.29, 1.82) is 0 Å². The summed E-state index contributed by atoms with van der Waals surface area (Å²) in [5.74, 6) is 1.65. The lowest BCUT2D eigenvalue weighted by atomic mass is 9.97. The van der Waals surface area contributed by atoms with E-state index in [0.717, 1.165) is 17.9 Å². The lowest BCUT2D eigenvalue weighted by molar-refractivity contribution is 0.168. The maximum absolute atomic E-state index is 3.66. The van der Waals surface area contributed by atoms with Gasteiger partial charge in [0.1, 0.15) is 0 Å². The molecule has 3 atom stereocenters. The van der Waals surface area contributed by atoms with Gasteiger partial charge in [-0.15, -0.1) is 0 Å².